The van der Waals surface area contributed by atoms with E-state index in [1.54, 1.807) is 25.6 Å². The van der Waals surface area contributed by atoms with E-state index in [2.05, 4.69) is 17.3 Å². The monoisotopic (exact) mass is 263 g/mol. The number of rotatable bonds is 4. The molecule has 0 amide bonds. The normalized spacial score (nSPS) is 10.4. The molecule has 96 valence electrons. The third-order valence-corrected chi connectivity index (χ3v) is 3.90. The predicted octanol–water partition coefficient (Wildman–Crippen LogP) is 3.70. The first-order valence-corrected chi connectivity index (χ1v) is 6.75. The summed E-state index contributed by atoms with van der Waals surface area (Å²) in [6.07, 6.45) is 0.960. The van der Waals surface area contributed by atoms with Crippen LogP contribution in [0.1, 0.15) is 17.5 Å². The number of thiazole rings is 1. The minimum Gasteiger partial charge on any atom is -0.496 e. The molecule has 0 aliphatic carbocycles. The SMILES string of the molecule is CCc1nc(-c2ccc(OC)c(C)c2OC)cs1. The lowest BCUT2D eigenvalue weighted by Crippen LogP contribution is -1.95. The lowest BCUT2D eigenvalue weighted by molar-refractivity contribution is 0.390. The maximum atomic E-state index is 5.50. The van der Waals surface area contributed by atoms with E-state index in [4.69, 9.17) is 9.47 Å². The molecular weight excluding hydrogens is 246 g/mol. The summed E-state index contributed by atoms with van der Waals surface area (Å²) in [6.45, 7) is 4.10. The summed E-state index contributed by atoms with van der Waals surface area (Å²) in [7, 11) is 3.35. The van der Waals surface area contributed by atoms with Gasteiger partial charge in [-0.3, -0.25) is 0 Å². The fraction of sp³-hybridized carbons (Fsp3) is 0.357. The van der Waals surface area contributed by atoms with Crippen molar-refractivity contribution in [2.24, 2.45) is 0 Å². The number of methoxy groups -OCH3 is 2. The van der Waals surface area contributed by atoms with Crippen LogP contribution in [0.25, 0.3) is 11.3 Å². The maximum absolute atomic E-state index is 5.50. The summed E-state index contributed by atoms with van der Waals surface area (Å²) in [5, 5.41) is 3.21. The minimum absolute atomic E-state index is 0.835. The number of aromatic nitrogens is 1. The molecule has 1 heterocycles. The molecule has 0 N–H and O–H groups in total. The van der Waals surface area contributed by atoms with Gasteiger partial charge in [0.15, 0.2) is 0 Å². The molecule has 0 atom stereocenters. The van der Waals surface area contributed by atoms with Gasteiger partial charge in [0.1, 0.15) is 11.5 Å². The molecule has 0 aliphatic heterocycles. The maximum Gasteiger partial charge on any atom is 0.134 e. The van der Waals surface area contributed by atoms with Crippen molar-refractivity contribution in [1.29, 1.82) is 0 Å². The predicted molar refractivity (Wildman–Crippen MR) is 74.8 cm³/mol. The van der Waals surface area contributed by atoms with Gasteiger partial charge in [0.2, 0.25) is 0 Å². The third-order valence-electron chi connectivity index (χ3n) is 2.91. The molecule has 0 spiro atoms. The molecule has 0 unspecified atom stereocenters. The molecule has 1 aromatic heterocycles. The Kier molecular flexibility index (Phi) is 3.87. The van der Waals surface area contributed by atoms with Crippen molar-refractivity contribution in [1.82, 2.24) is 4.98 Å². The Hall–Kier alpha value is -1.55. The molecule has 2 rings (SSSR count). The first-order chi connectivity index (χ1) is 8.71. The number of aryl methyl sites for hydroxylation is 1. The smallest absolute Gasteiger partial charge is 0.134 e. The number of ether oxygens (including phenoxy) is 2. The standard InChI is InChI=1S/C14H17NO2S/c1-5-13-15-11(8-18-13)10-6-7-12(16-3)9(2)14(10)17-4/h6-8H,5H2,1-4H3. The van der Waals surface area contributed by atoms with Crippen molar-refractivity contribution >= 4 is 11.3 Å². The summed E-state index contributed by atoms with van der Waals surface area (Å²) in [5.74, 6) is 1.67. The molecule has 3 nitrogen and oxygen atoms in total. The molecule has 1 aromatic carbocycles. The van der Waals surface area contributed by atoms with Gasteiger partial charge in [0.25, 0.3) is 0 Å². The largest absolute Gasteiger partial charge is 0.496 e. The highest BCUT2D eigenvalue weighted by atomic mass is 32.1. The van der Waals surface area contributed by atoms with Crippen LogP contribution >= 0.6 is 11.3 Å². The van der Waals surface area contributed by atoms with Gasteiger partial charge in [-0.05, 0) is 25.5 Å². The highest BCUT2D eigenvalue weighted by Gasteiger charge is 2.14. The van der Waals surface area contributed by atoms with E-state index < -0.39 is 0 Å². The van der Waals surface area contributed by atoms with Crippen LogP contribution in [0.4, 0.5) is 0 Å². The number of hydrogen-bond donors (Lipinski definition) is 0. The number of benzene rings is 1. The molecule has 4 heteroatoms. The van der Waals surface area contributed by atoms with Crippen LogP contribution in [0.2, 0.25) is 0 Å². The quantitative estimate of drug-likeness (QED) is 0.843. The minimum atomic E-state index is 0.835. The number of nitrogens with zero attached hydrogens (tertiary/aromatic N) is 1. The molecule has 0 aliphatic rings. The summed E-state index contributed by atoms with van der Waals surface area (Å²) >= 11 is 1.68. The molecular formula is C14H17NO2S. The Labute approximate surface area is 111 Å². The average Bonchev–Trinajstić information content (AvgIpc) is 2.87. The second-order valence-electron chi connectivity index (χ2n) is 3.95. The van der Waals surface area contributed by atoms with Crippen LogP contribution in [-0.4, -0.2) is 19.2 Å². The van der Waals surface area contributed by atoms with E-state index in [1.807, 2.05) is 19.1 Å². The average molecular weight is 263 g/mol. The number of hydrogen-bond acceptors (Lipinski definition) is 4. The van der Waals surface area contributed by atoms with Crippen LogP contribution < -0.4 is 9.47 Å². The first-order valence-electron chi connectivity index (χ1n) is 5.87. The van der Waals surface area contributed by atoms with Crippen LogP contribution in [0.3, 0.4) is 0 Å². The van der Waals surface area contributed by atoms with Gasteiger partial charge >= 0.3 is 0 Å². The van der Waals surface area contributed by atoms with Gasteiger partial charge < -0.3 is 9.47 Å². The Morgan fingerprint density at radius 1 is 1.22 bits per heavy atom. The Bertz CT molecular complexity index is 549. The van der Waals surface area contributed by atoms with Gasteiger partial charge in [-0.25, -0.2) is 4.98 Å². The third kappa shape index (κ3) is 2.20. The van der Waals surface area contributed by atoms with E-state index in [0.717, 1.165) is 39.7 Å². The van der Waals surface area contributed by atoms with Gasteiger partial charge in [0.05, 0.1) is 24.9 Å². The van der Waals surface area contributed by atoms with E-state index in [-0.39, 0.29) is 0 Å². The van der Waals surface area contributed by atoms with Crippen LogP contribution in [0.15, 0.2) is 17.5 Å². The van der Waals surface area contributed by atoms with E-state index in [1.165, 1.54) is 0 Å². The van der Waals surface area contributed by atoms with Crippen molar-refractivity contribution in [3.8, 4) is 22.8 Å². The van der Waals surface area contributed by atoms with E-state index in [9.17, 15) is 0 Å². The van der Waals surface area contributed by atoms with Crippen molar-refractivity contribution in [3.63, 3.8) is 0 Å². The topological polar surface area (TPSA) is 31.4 Å². The lowest BCUT2D eigenvalue weighted by Gasteiger charge is -2.13. The summed E-state index contributed by atoms with van der Waals surface area (Å²) in [4.78, 5) is 4.60. The second kappa shape index (κ2) is 5.40. The van der Waals surface area contributed by atoms with Crippen molar-refractivity contribution in [2.75, 3.05) is 14.2 Å². The van der Waals surface area contributed by atoms with E-state index in [0.29, 0.717) is 0 Å². The zero-order chi connectivity index (χ0) is 13.1. The molecule has 0 saturated carbocycles. The fourth-order valence-electron chi connectivity index (χ4n) is 1.96. The van der Waals surface area contributed by atoms with Crippen LogP contribution in [-0.2, 0) is 6.42 Å². The molecule has 18 heavy (non-hydrogen) atoms. The zero-order valence-corrected chi connectivity index (χ0v) is 11.9. The summed E-state index contributed by atoms with van der Waals surface area (Å²) < 4.78 is 10.8. The Balaban J connectivity index is 2.53. The summed E-state index contributed by atoms with van der Waals surface area (Å²) in [5.41, 5.74) is 3.00. The van der Waals surface area contributed by atoms with Crippen molar-refractivity contribution < 1.29 is 9.47 Å². The molecule has 2 aromatic rings. The van der Waals surface area contributed by atoms with E-state index >= 15 is 0 Å². The Morgan fingerprint density at radius 3 is 2.56 bits per heavy atom. The molecule has 0 bridgehead atoms. The highest BCUT2D eigenvalue weighted by Crippen LogP contribution is 2.37. The second-order valence-corrected chi connectivity index (χ2v) is 4.90. The lowest BCUT2D eigenvalue weighted by atomic mass is 10.1. The fourth-order valence-corrected chi connectivity index (χ4v) is 2.70. The van der Waals surface area contributed by atoms with Crippen LogP contribution in [0.5, 0.6) is 11.5 Å². The molecule has 0 saturated heterocycles. The molecule has 0 radical (unpaired) electrons. The van der Waals surface area contributed by atoms with Gasteiger partial charge in [-0.1, -0.05) is 6.92 Å². The van der Waals surface area contributed by atoms with Gasteiger partial charge in [0, 0.05) is 16.5 Å². The van der Waals surface area contributed by atoms with Crippen molar-refractivity contribution in [3.05, 3.63) is 28.1 Å². The first kappa shape index (κ1) is 12.9. The van der Waals surface area contributed by atoms with Crippen molar-refractivity contribution in [2.45, 2.75) is 20.3 Å². The summed E-state index contributed by atoms with van der Waals surface area (Å²) in [6, 6.07) is 3.96. The molecule has 0 fully saturated rings. The highest BCUT2D eigenvalue weighted by molar-refractivity contribution is 7.09. The van der Waals surface area contributed by atoms with Gasteiger partial charge in [-0.2, -0.15) is 0 Å². The zero-order valence-electron chi connectivity index (χ0n) is 11.1. The van der Waals surface area contributed by atoms with Crippen LogP contribution in [0, 0.1) is 6.92 Å². The van der Waals surface area contributed by atoms with Gasteiger partial charge in [-0.15, -0.1) is 11.3 Å². The Morgan fingerprint density at radius 2 is 2.00 bits per heavy atom.